The Balaban J connectivity index is 4.63. The Kier molecular flexibility index (Phi) is 66.4. The van der Waals surface area contributed by atoms with E-state index in [9.17, 15) is 43.5 Å². The van der Waals surface area contributed by atoms with Gasteiger partial charge in [0.15, 0.2) is 6.10 Å². The van der Waals surface area contributed by atoms with Crippen molar-refractivity contribution in [1.29, 1.82) is 0 Å². The first-order valence-electron chi connectivity index (χ1n) is 36.5. The van der Waals surface area contributed by atoms with Gasteiger partial charge in [0, 0.05) is 19.3 Å². The molecule has 5 atom stereocenters. The molecule has 0 aromatic rings. The molecule has 0 spiro atoms. The highest BCUT2D eigenvalue weighted by Gasteiger charge is 2.29. The van der Waals surface area contributed by atoms with Gasteiger partial charge in [0.25, 0.3) is 0 Å². The van der Waals surface area contributed by atoms with Crippen molar-refractivity contribution in [1.82, 2.24) is 0 Å². The first-order chi connectivity index (χ1) is 46.2. The van der Waals surface area contributed by atoms with Crippen LogP contribution in [0.5, 0.6) is 0 Å². The van der Waals surface area contributed by atoms with Gasteiger partial charge in [0.2, 0.25) is 0 Å². The quantitative estimate of drug-likeness (QED) is 0.0146. The van der Waals surface area contributed by atoms with E-state index in [1.54, 1.807) is 0 Å². The molecule has 0 fully saturated rings. The number of aliphatic hydroxyl groups is 2. The van der Waals surface area contributed by atoms with Crippen LogP contribution in [0.4, 0.5) is 0 Å². The summed E-state index contributed by atoms with van der Waals surface area (Å²) in [7, 11) is -9.79. The third-order valence-electron chi connectivity index (χ3n) is 14.8. The van der Waals surface area contributed by atoms with Crippen LogP contribution in [-0.4, -0.2) is 95.9 Å². The van der Waals surface area contributed by atoms with E-state index in [2.05, 4.69) is 154 Å². The number of ether oxygens (including phenoxy) is 3. The van der Waals surface area contributed by atoms with E-state index in [4.69, 9.17) is 32.3 Å². The molecule has 0 aliphatic carbocycles. The number of hydrogen-bond acceptors (Lipinski definition) is 14. The van der Waals surface area contributed by atoms with Crippen LogP contribution in [0.3, 0.4) is 0 Å². The Morgan fingerprint density at radius 3 is 0.895 bits per heavy atom. The lowest BCUT2D eigenvalue weighted by Gasteiger charge is -2.21. The number of esters is 3. The smallest absolute Gasteiger partial charge is 0.463 e. The van der Waals surface area contributed by atoms with Crippen LogP contribution in [0.2, 0.25) is 0 Å². The topological polar surface area (TPSA) is 231 Å². The lowest BCUT2D eigenvalue weighted by molar-refractivity contribution is -0.161. The summed E-state index contributed by atoms with van der Waals surface area (Å²) in [5.74, 6) is -1.61. The van der Waals surface area contributed by atoms with Crippen molar-refractivity contribution < 1.29 is 75.8 Å². The number of carbonyl (C=O) groups excluding carboxylic acids is 3. The summed E-state index contributed by atoms with van der Waals surface area (Å²) >= 11 is 0. The van der Waals surface area contributed by atoms with Crippen LogP contribution in [-0.2, 0) is 55.8 Å². The minimum Gasteiger partial charge on any atom is -0.463 e. The summed E-state index contributed by atoms with van der Waals surface area (Å²) in [5, 5.41) is 20.6. The molecule has 0 aromatic heterocycles. The molecule has 0 rings (SSSR count). The van der Waals surface area contributed by atoms with Crippen molar-refractivity contribution in [2.75, 3.05) is 39.6 Å². The van der Waals surface area contributed by atoms with Crippen molar-refractivity contribution in [2.24, 2.45) is 0 Å². The zero-order valence-electron chi connectivity index (χ0n) is 59.0. The minimum absolute atomic E-state index is 0.0887. The van der Waals surface area contributed by atoms with Gasteiger partial charge in [-0.25, -0.2) is 9.13 Å². The van der Waals surface area contributed by atoms with Gasteiger partial charge in [0.1, 0.15) is 25.4 Å². The van der Waals surface area contributed by atoms with Crippen molar-refractivity contribution in [2.45, 2.75) is 296 Å². The first kappa shape index (κ1) is 90.7. The molecule has 0 saturated heterocycles. The minimum atomic E-state index is -4.93. The number of aliphatic hydroxyl groups excluding tert-OH is 2. The number of phosphoric acid groups is 2. The van der Waals surface area contributed by atoms with Crippen molar-refractivity contribution in [3.05, 3.63) is 134 Å². The van der Waals surface area contributed by atoms with Crippen LogP contribution < -0.4 is 0 Å². The molecule has 0 amide bonds. The molecule has 0 bridgehead atoms. The molecule has 0 aliphatic rings. The number of carbonyl (C=O) groups is 3. The zero-order chi connectivity index (χ0) is 69.5. The summed E-state index contributed by atoms with van der Waals surface area (Å²) in [6, 6.07) is 0. The van der Waals surface area contributed by atoms with E-state index >= 15 is 0 Å². The predicted molar refractivity (Wildman–Crippen MR) is 390 cm³/mol. The van der Waals surface area contributed by atoms with Gasteiger partial charge < -0.3 is 34.2 Å². The molecule has 544 valence electrons. The Labute approximate surface area is 575 Å². The van der Waals surface area contributed by atoms with E-state index in [-0.39, 0.29) is 19.3 Å². The van der Waals surface area contributed by atoms with Crippen molar-refractivity contribution in [3.63, 3.8) is 0 Å². The summed E-state index contributed by atoms with van der Waals surface area (Å²) in [6.45, 7) is 2.39. The Morgan fingerprint density at radius 1 is 0.305 bits per heavy atom. The van der Waals surface area contributed by atoms with E-state index in [1.165, 1.54) is 25.7 Å². The number of phosphoric ester groups is 2. The normalized spacial score (nSPS) is 14.9. The second-order valence-electron chi connectivity index (χ2n) is 24.0. The molecular weight excluding hydrogens is 1240 g/mol. The molecule has 0 saturated carbocycles. The standard InChI is InChI=1S/C77H130O16P2/c1-4-7-10-13-16-19-22-25-27-29-31-33-35-37-39-41-43-46-48-51-54-57-60-63-75(80)87-66-72(78)67-89-94(83,84)90-68-73(79)69-91-95(85,86)92-71-74(93-77(82)65-62-59-56-53-50-45-24-21-18-15-12-9-6-3)70-88-76(81)64-61-58-55-52-49-47-44-42-40-38-36-34-32-30-28-26-23-20-17-14-11-8-5-2/h7-8,10-11,16-17,19-21,24-28,31-34,37-40,72-74,78-79H,4-6,9,12-15,18,22-23,29-30,35-36,41-71H2,1-3H3,(H,83,84)(H,85,86)/b10-7-,11-8-,19-16-,20-17-,24-21-,27-25-,28-26-,33-31-,34-32-,39-37-,40-38-. The fourth-order valence-corrected chi connectivity index (χ4v) is 10.9. The number of rotatable bonds is 68. The molecule has 4 N–H and O–H groups in total. The molecule has 16 nitrogen and oxygen atoms in total. The first-order valence-corrected chi connectivity index (χ1v) is 39.5. The van der Waals surface area contributed by atoms with E-state index in [1.807, 2.05) is 0 Å². The lowest BCUT2D eigenvalue weighted by Crippen LogP contribution is -2.30. The van der Waals surface area contributed by atoms with Crippen molar-refractivity contribution in [3.8, 4) is 0 Å². The maximum absolute atomic E-state index is 12.9. The summed E-state index contributed by atoms with van der Waals surface area (Å²) in [4.78, 5) is 58.5. The van der Waals surface area contributed by atoms with E-state index < -0.39 is 91.5 Å². The summed E-state index contributed by atoms with van der Waals surface area (Å²) in [5.41, 5.74) is 0. The van der Waals surface area contributed by atoms with Gasteiger partial charge >= 0.3 is 33.6 Å². The number of allylic oxidation sites excluding steroid dienone is 22. The highest BCUT2D eigenvalue weighted by Crippen LogP contribution is 2.45. The van der Waals surface area contributed by atoms with Gasteiger partial charge in [-0.1, -0.05) is 257 Å². The zero-order valence-corrected chi connectivity index (χ0v) is 60.8. The monoisotopic (exact) mass is 1370 g/mol. The van der Waals surface area contributed by atoms with Crippen LogP contribution in [0.1, 0.15) is 278 Å². The van der Waals surface area contributed by atoms with Crippen LogP contribution in [0.15, 0.2) is 134 Å². The van der Waals surface area contributed by atoms with Crippen molar-refractivity contribution >= 4 is 33.6 Å². The molecule has 95 heavy (non-hydrogen) atoms. The molecule has 18 heteroatoms. The van der Waals surface area contributed by atoms with E-state index in [0.717, 1.165) is 193 Å². The van der Waals surface area contributed by atoms with Crippen LogP contribution in [0, 0.1) is 0 Å². The highest BCUT2D eigenvalue weighted by atomic mass is 31.2. The highest BCUT2D eigenvalue weighted by molar-refractivity contribution is 7.47. The third-order valence-corrected chi connectivity index (χ3v) is 16.7. The SMILES string of the molecule is CC/C=C\C/C=C\C/C=C\C/C=C\C/C=C\CCCCCCCCCC(=O)OCC(O)COP(=O)(O)OCC(O)COP(=O)(O)OCC(COC(=O)CCCCCCCCC/C=C\C/C=C\C/C=C\C/C=C\C/C=C\CC)OC(=O)CCCCCCC/C=C\CCCCCC. The number of hydrogen-bond donors (Lipinski definition) is 4. The third kappa shape index (κ3) is 70.8. The fourth-order valence-electron chi connectivity index (χ4n) is 9.32. The Morgan fingerprint density at radius 2 is 0.558 bits per heavy atom. The maximum atomic E-state index is 12.9. The van der Waals surface area contributed by atoms with Crippen LogP contribution >= 0.6 is 15.6 Å². The van der Waals surface area contributed by atoms with Crippen LogP contribution in [0.25, 0.3) is 0 Å². The molecule has 0 aromatic carbocycles. The van der Waals surface area contributed by atoms with Gasteiger partial charge in [-0.05, 0) is 135 Å². The summed E-state index contributed by atoms with van der Waals surface area (Å²) in [6.07, 6.45) is 82.1. The Hall–Kier alpha value is -4.31. The second kappa shape index (κ2) is 69.6. The average Bonchev–Trinajstić information content (AvgIpc) is 1.91. The van der Waals surface area contributed by atoms with E-state index in [0.29, 0.717) is 19.3 Å². The second-order valence-corrected chi connectivity index (χ2v) is 26.9. The molecule has 0 heterocycles. The van der Waals surface area contributed by atoms with Gasteiger partial charge in [-0.2, -0.15) is 0 Å². The van der Waals surface area contributed by atoms with Gasteiger partial charge in [-0.3, -0.25) is 32.5 Å². The average molecular weight is 1370 g/mol. The maximum Gasteiger partial charge on any atom is 0.472 e. The fraction of sp³-hybridized carbons (Fsp3) is 0.675. The molecular formula is C77H130O16P2. The van der Waals surface area contributed by atoms with Gasteiger partial charge in [-0.15, -0.1) is 0 Å². The largest absolute Gasteiger partial charge is 0.472 e. The lowest BCUT2D eigenvalue weighted by atomic mass is 10.1. The van der Waals surface area contributed by atoms with Gasteiger partial charge in [0.05, 0.1) is 26.4 Å². The summed E-state index contributed by atoms with van der Waals surface area (Å²) < 4.78 is 61.0. The molecule has 5 unspecified atom stereocenters. The number of unbranched alkanes of at least 4 members (excludes halogenated alkanes) is 23. The Bertz CT molecular complexity index is 2260. The molecule has 0 radical (unpaired) electrons. The predicted octanol–water partition coefficient (Wildman–Crippen LogP) is 20.8. The molecule has 0 aliphatic heterocycles.